The molecule has 0 bridgehead atoms. The van der Waals surface area contributed by atoms with Gasteiger partial charge in [-0.1, -0.05) is 13.3 Å². The monoisotopic (exact) mass is 265 g/mol. The first kappa shape index (κ1) is 15.5. The van der Waals surface area contributed by atoms with Crippen LogP contribution in [-0.2, 0) is 4.79 Å². The van der Waals surface area contributed by atoms with Crippen molar-refractivity contribution in [2.24, 2.45) is 11.7 Å². The van der Waals surface area contributed by atoms with Crippen molar-refractivity contribution in [2.45, 2.75) is 53.0 Å². The normalized spacial score (nSPS) is 13.9. The minimum Gasteiger partial charge on any atom is -0.328 e. The molecular weight excluding hydrogens is 242 g/mol. The van der Waals surface area contributed by atoms with Crippen LogP contribution in [0.25, 0.3) is 0 Å². The van der Waals surface area contributed by atoms with Crippen molar-refractivity contribution < 1.29 is 4.79 Å². The second kappa shape index (κ2) is 7.13. The van der Waals surface area contributed by atoms with E-state index in [4.69, 9.17) is 5.73 Å². The maximum absolute atomic E-state index is 11.9. The van der Waals surface area contributed by atoms with Crippen LogP contribution in [0.4, 0.5) is 5.95 Å². The van der Waals surface area contributed by atoms with Crippen LogP contribution in [0, 0.1) is 19.8 Å². The summed E-state index contributed by atoms with van der Waals surface area (Å²) >= 11 is 0. The number of nitrogens with zero attached hydrogens (tertiary/aromatic N) is 3. The number of hydrogen-bond donors (Lipinski definition) is 2. The summed E-state index contributed by atoms with van der Waals surface area (Å²) in [6, 6.07) is 0.183. The van der Waals surface area contributed by atoms with E-state index in [0.717, 1.165) is 30.7 Å². The van der Waals surface area contributed by atoms with Crippen LogP contribution < -0.4 is 11.1 Å². The van der Waals surface area contributed by atoms with Gasteiger partial charge in [0, 0.05) is 12.0 Å². The van der Waals surface area contributed by atoms with Crippen molar-refractivity contribution in [1.29, 1.82) is 0 Å². The lowest BCUT2D eigenvalue weighted by molar-refractivity contribution is -0.119. The number of nitrogens with two attached hydrogens (primary N) is 1. The molecule has 0 aliphatic heterocycles. The number of hydrogen-bond acceptors (Lipinski definition) is 5. The van der Waals surface area contributed by atoms with Gasteiger partial charge in [-0.05, 0) is 33.6 Å². The number of carbonyl (C=O) groups excluding carboxylic acids is 1. The molecule has 2 unspecified atom stereocenters. The number of nitrogens with one attached hydrogen (secondary N) is 1. The van der Waals surface area contributed by atoms with E-state index in [0.29, 0.717) is 0 Å². The van der Waals surface area contributed by atoms with Gasteiger partial charge in [-0.2, -0.15) is 5.10 Å². The summed E-state index contributed by atoms with van der Waals surface area (Å²) in [6.45, 7) is 7.54. The highest BCUT2D eigenvalue weighted by Crippen LogP contribution is 2.11. The van der Waals surface area contributed by atoms with Gasteiger partial charge in [-0.3, -0.25) is 10.1 Å². The van der Waals surface area contributed by atoms with Gasteiger partial charge in [0.2, 0.25) is 11.9 Å². The first-order valence-corrected chi connectivity index (χ1v) is 6.64. The predicted molar refractivity (Wildman–Crippen MR) is 74.6 cm³/mol. The van der Waals surface area contributed by atoms with Crippen molar-refractivity contribution in [2.75, 3.05) is 5.32 Å². The number of amides is 1. The Bertz CT molecular complexity index is 433. The van der Waals surface area contributed by atoms with E-state index in [1.807, 2.05) is 27.7 Å². The Hall–Kier alpha value is -1.56. The standard InChI is InChI=1S/C13H23N5O/c1-8(6-5-7-9(2)14)12(19)16-13-15-10(3)11(4)17-18-13/h8-9H,5-7,14H2,1-4H3,(H,15,16,18,19). The van der Waals surface area contributed by atoms with Crippen molar-refractivity contribution in [3.05, 3.63) is 11.4 Å². The molecule has 0 saturated heterocycles. The van der Waals surface area contributed by atoms with Gasteiger partial charge < -0.3 is 5.73 Å². The van der Waals surface area contributed by atoms with E-state index >= 15 is 0 Å². The van der Waals surface area contributed by atoms with Gasteiger partial charge >= 0.3 is 0 Å². The zero-order valence-corrected chi connectivity index (χ0v) is 12.1. The van der Waals surface area contributed by atoms with Crippen LogP contribution in [-0.4, -0.2) is 27.1 Å². The van der Waals surface area contributed by atoms with Crippen LogP contribution in [0.1, 0.15) is 44.5 Å². The Morgan fingerprint density at radius 3 is 2.47 bits per heavy atom. The second-order valence-electron chi connectivity index (χ2n) is 5.10. The third-order valence-corrected chi connectivity index (χ3v) is 3.07. The molecule has 0 spiro atoms. The Labute approximate surface area is 114 Å². The van der Waals surface area contributed by atoms with E-state index in [2.05, 4.69) is 20.5 Å². The highest BCUT2D eigenvalue weighted by atomic mass is 16.2. The minimum atomic E-state index is -0.0797. The molecule has 2 atom stereocenters. The van der Waals surface area contributed by atoms with Gasteiger partial charge in [0.05, 0.1) is 11.4 Å². The third kappa shape index (κ3) is 5.30. The highest BCUT2D eigenvalue weighted by molar-refractivity contribution is 5.90. The van der Waals surface area contributed by atoms with Gasteiger partial charge in [0.15, 0.2) is 0 Å². The SMILES string of the molecule is Cc1nnc(NC(=O)C(C)CCCC(C)N)nc1C. The summed E-state index contributed by atoms with van der Waals surface area (Å²) in [7, 11) is 0. The average Bonchev–Trinajstić information content (AvgIpc) is 2.33. The summed E-state index contributed by atoms with van der Waals surface area (Å²) < 4.78 is 0. The summed E-state index contributed by atoms with van der Waals surface area (Å²) in [5.41, 5.74) is 7.22. The minimum absolute atomic E-state index is 0.0743. The van der Waals surface area contributed by atoms with Crippen LogP contribution >= 0.6 is 0 Å². The average molecular weight is 265 g/mol. The molecule has 1 amide bonds. The summed E-state index contributed by atoms with van der Waals surface area (Å²) in [5, 5.41) is 10.5. The summed E-state index contributed by atoms with van der Waals surface area (Å²) in [6.07, 6.45) is 2.68. The number of anilines is 1. The zero-order chi connectivity index (χ0) is 14.4. The fourth-order valence-electron chi connectivity index (χ4n) is 1.62. The molecule has 6 nitrogen and oxygen atoms in total. The highest BCUT2D eigenvalue weighted by Gasteiger charge is 2.14. The molecule has 1 rings (SSSR count). The number of rotatable bonds is 6. The first-order valence-electron chi connectivity index (χ1n) is 6.64. The van der Waals surface area contributed by atoms with E-state index in [9.17, 15) is 4.79 Å². The molecule has 1 aromatic heterocycles. The lowest BCUT2D eigenvalue weighted by atomic mass is 10.0. The van der Waals surface area contributed by atoms with Crippen LogP contribution in [0.3, 0.4) is 0 Å². The molecule has 106 valence electrons. The molecule has 0 aromatic carbocycles. The Morgan fingerprint density at radius 1 is 1.21 bits per heavy atom. The maximum atomic E-state index is 11.9. The number of carbonyl (C=O) groups is 1. The first-order chi connectivity index (χ1) is 8.90. The maximum Gasteiger partial charge on any atom is 0.249 e. The molecule has 19 heavy (non-hydrogen) atoms. The fraction of sp³-hybridized carbons (Fsp3) is 0.692. The Morgan fingerprint density at radius 2 is 1.89 bits per heavy atom. The fourth-order valence-corrected chi connectivity index (χ4v) is 1.62. The quantitative estimate of drug-likeness (QED) is 0.814. The van der Waals surface area contributed by atoms with Crippen molar-refractivity contribution >= 4 is 11.9 Å². The van der Waals surface area contributed by atoms with E-state index < -0.39 is 0 Å². The molecule has 3 N–H and O–H groups in total. The Kier molecular flexibility index (Phi) is 5.82. The molecular formula is C13H23N5O. The third-order valence-electron chi connectivity index (χ3n) is 3.07. The molecule has 6 heteroatoms. The molecule has 0 radical (unpaired) electrons. The van der Waals surface area contributed by atoms with E-state index in [-0.39, 0.29) is 23.8 Å². The van der Waals surface area contributed by atoms with Crippen LogP contribution in [0.2, 0.25) is 0 Å². The van der Waals surface area contributed by atoms with Crippen molar-refractivity contribution in [1.82, 2.24) is 15.2 Å². The molecule has 0 saturated carbocycles. The van der Waals surface area contributed by atoms with Crippen molar-refractivity contribution in [3.8, 4) is 0 Å². The zero-order valence-electron chi connectivity index (χ0n) is 12.1. The summed E-state index contributed by atoms with van der Waals surface area (Å²) in [4.78, 5) is 16.1. The largest absolute Gasteiger partial charge is 0.328 e. The lowest BCUT2D eigenvalue weighted by Gasteiger charge is -2.12. The number of aromatic nitrogens is 3. The number of aryl methyl sites for hydroxylation is 2. The molecule has 0 aliphatic rings. The predicted octanol–water partition coefficient (Wildman–Crippen LogP) is 1.58. The smallest absolute Gasteiger partial charge is 0.249 e. The van der Waals surface area contributed by atoms with E-state index in [1.165, 1.54) is 0 Å². The van der Waals surface area contributed by atoms with Crippen molar-refractivity contribution in [3.63, 3.8) is 0 Å². The molecule has 1 heterocycles. The van der Waals surface area contributed by atoms with Crippen LogP contribution in [0.5, 0.6) is 0 Å². The van der Waals surface area contributed by atoms with Gasteiger partial charge in [-0.25, -0.2) is 4.98 Å². The molecule has 0 fully saturated rings. The lowest BCUT2D eigenvalue weighted by Crippen LogP contribution is -2.23. The van der Waals surface area contributed by atoms with Gasteiger partial charge in [0.1, 0.15) is 0 Å². The second-order valence-corrected chi connectivity index (χ2v) is 5.10. The topological polar surface area (TPSA) is 93.8 Å². The van der Waals surface area contributed by atoms with E-state index in [1.54, 1.807) is 0 Å². The molecule has 0 aliphatic carbocycles. The summed E-state index contributed by atoms with van der Waals surface area (Å²) in [5.74, 6) is 0.117. The van der Waals surface area contributed by atoms with Crippen LogP contribution in [0.15, 0.2) is 0 Å². The molecule has 1 aromatic rings. The Balaban J connectivity index is 2.47. The van der Waals surface area contributed by atoms with Gasteiger partial charge in [-0.15, -0.1) is 5.10 Å². The van der Waals surface area contributed by atoms with Gasteiger partial charge in [0.25, 0.3) is 0 Å².